The highest BCUT2D eigenvalue weighted by Gasteiger charge is 2.33. The van der Waals surface area contributed by atoms with E-state index in [-0.39, 0.29) is 16.8 Å². The first-order valence-corrected chi connectivity index (χ1v) is 18.2. The first-order valence-electron chi connectivity index (χ1n) is 15.6. The summed E-state index contributed by atoms with van der Waals surface area (Å²) in [6.45, 7) is 2.26. The molecule has 0 saturated carbocycles. The Kier molecular flexibility index (Phi) is 12.9. The van der Waals surface area contributed by atoms with E-state index in [0.29, 0.717) is 29.2 Å². The largest absolute Gasteiger partial charge is 0.293 e. The molecule has 0 bridgehead atoms. The number of sulfonamides is 1. The Bertz CT molecular complexity index is 1360. The van der Waals surface area contributed by atoms with Crippen LogP contribution in [-0.4, -0.2) is 45.4 Å². The van der Waals surface area contributed by atoms with Crippen LogP contribution >= 0.6 is 11.8 Å². The number of carbonyl (C=O) groups is 1. The van der Waals surface area contributed by atoms with Crippen LogP contribution in [0.3, 0.4) is 0 Å². The predicted octanol–water partition coefficient (Wildman–Crippen LogP) is 7.79. The Labute approximate surface area is 255 Å². The van der Waals surface area contributed by atoms with Crippen LogP contribution in [0.5, 0.6) is 0 Å². The summed E-state index contributed by atoms with van der Waals surface area (Å²) < 4.78 is 29.8. The number of aromatic nitrogens is 4. The van der Waals surface area contributed by atoms with Gasteiger partial charge in [0.05, 0.1) is 16.7 Å². The predicted molar refractivity (Wildman–Crippen MR) is 171 cm³/mol. The molecular formula is C32H45N5O3S2. The molecule has 1 heterocycles. The lowest BCUT2D eigenvalue weighted by atomic mass is 10.0. The number of nitrogens with zero attached hydrogens (tertiary/aromatic N) is 4. The van der Waals surface area contributed by atoms with Crippen molar-refractivity contribution in [1.29, 1.82) is 0 Å². The van der Waals surface area contributed by atoms with E-state index in [2.05, 4.69) is 27.2 Å². The quantitative estimate of drug-likeness (QED) is 0.130. The van der Waals surface area contributed by atoms with Gasteiger partial charge in [0.25, 0.3) is 0 Å². The van der Waals surface area contributed by atoms with Crippen molar-refractivity contribution in [2.75, 3.05) is 10.5 Å². The summed E-state index contributed by atoms with van der Waals surface area (Å²) in [6, 6.07) is 14.8. The molecule has 1 aromatic heterocycles. The third-order valence-corrected chi connectivity index (χ3v) is 10.3. The lowest BCUT2D eigenvalue weighted by Crippen LogP contribution is -2.17. The SMILES string of the molecule is CCCCCCCCCCCCCCCCS(=O)(=O)Nc1ccc2c(c1)C(=O)C(Sc1nnnn1-c1ccccc1)C2. The summed E-state index contributed by atoms with van der Waals surface area (Å²) in [4.78, 5) is 13.2. The molecule has 1 aliphatic carbocycles. The smallest absolute Gasteiger partial charge is 0.232 e. The van der Waals surface area contributed by atoms with Gasteiger partial charge < -0.3 is 0 Å². The van der Waals surface area contributed by atoms with Gasteiger partial charge in [0.2, 0.25) is 15.2 Å². The van der Waals surface area contributed by atoms with Gasteiger partial charge in [0.1, 0.15) is 0 Å². The Morgan fingerprint density at radius 2 is 1.48 bits per heavy atom. The van der Waals surface area contributed by atoms with E-state index in [0.717, 1.165) is 24.1 Å². The third kappa shape index (κ3) is 9.93. The minimum atomic E-state index is -3.47. The zero-order valence-corrected chi connectivity index (χ0v) is 26.5. The number of rotatable bonds is 20. The first kappa shape index (κ1) is 32.2. The van der Waals surface area contributed by atoms with Crippen LogP contribution in [0.4, 0.5) is 5.69 Å². The van der Waals surface area contributed by atoms with E-state index >= 15 is 0 Å². The van der Waals surface area contributed by atoms with Crippen LogP contribution in [0.2, 0.25) is 0 Å². The van der Waals surface area contributed by atoms with Crippen LogP contribution < -0.4 is 4.72 Å². The van der Waals surface area contributed by atoms with Crippen molar-refractivity contribution in [3.63, 3.8) is 0 Å². The second-order valence-corrected chi connectivity index (χ2v) is 14.3. The Balaban J connectivity index is 1.14. The van der Waals surface area contributed by atoms with Gasteiger partial charge in [-0.25, -0.2) is 8.42 Å². The van der Waals surface area contributed by atoms with Crippen LogP contribution in [0.1, 0.15) is 113 Å². The van der Waals surface area contributed by atoms with Gasteiger partial charge in [-0.1, -0.05) is 126 Å². The fourth-order valence-electron chi connectivity index (χ4n) is 5.44. The van der Waals surface area contributed by atoms with Gasteiger partial charge >= 0.3 is 0 Å². The molecule has 1 atom stereocenters. The number of thioether (sulfide) groups is 1. The lowest BCUT2D eigenvalue weighted by Gasteiger charge is -2.09. The van der Waals surface area contributed by atoms with E-state index < -0.39 is 10.0 Å². The maximum atomic E-state index is 13.2. The summed E-state index contributed by atoms with van der Waals surface area (Å²) >= 11 is 1.33. The standard InChI is InChI=1S/C32H45N5O3S2/c1-2-3-4-5-6-7-8-9-10-11-12-13-14-18-23-42(39,40)34-27-22-21-26-24-30(31(38)29(26)25-27)41-32-33-35-36-37(32)28-19-16-15-17-20-28/h15-17,19-22,25,30,34H,2-14,18,23-24H2,1H3. The molecule has 2 aromatic carbocycles. The molecule has 4 rings (SSSR count). The number of nitrogens with one attached hydrogen (secondary N) is 1. The van der Waals surface area contributed by atoms with E-state index in [1.165, 1.54) is 82.4 Å². The van der Waals surface area contributed by atoms with Crippen molar-refractivity contribution < 1.29 is 13.2 Å². The molecule has 8 nitrogen and oxygen atoms in total. The molecule has 1 N–H and O–H groups in total. The van der Waals surface area contributed by atoms with Gasteiger partial charge in [0.15, 0.2) is 5.78 Å². The number of anilines is 1. The minimum absolute atomic E-state index is 0.0365. The summed E-state index contributed by atoms with van der Waals surface area (Å²) in [5.41, 5.74) is 2.73. The highest BCUT2D eigenvalue weighted by molar-refractivity contribution is 8.00. The molecule has 0 spiro atoms. The summed E-state index contributed by atoms with van der Waals surface area (Å²) in [6.07, 6.45) is 17.7. The van der Waals surface area contributed by atoms with Crippen molar-refractivity contribution >= 4 is 33.3 Å². The molecule has 228 valence electrons. The average Bonchev–Trinajstić information content (AvgIpc) is 3.57. The number of ketones is 1. The topological polar surface area (TPSA) is 107 Å². The van der Waals surface area contributed by atoms with Gasteiger partial charge in [-0.05, 0) is 53.1 Å². The van der Waals surface area contributed by atoms with Gasteiger partial charge in [-0.15, -0.1) is 5.10 Å². The molecule has 0 saturated heterocycles. The maximum Gasteiger partial charge on any atom is 0.232 e. The van der Waals surface area contributed by atoms with E-state index in [1.54, 1.807) is 16.8 Å². The zero-order chi connectivity index (χ0) is 29.6. The third-order valence-electron chi connectivity index (χ3n) is 7.80. The highest BCUT2D eigenvalue weighted by Crippen LogP contribution is 2.35. The van der Waals surface area contributed by atoms with Crippen molar-refractivity contribution in [1.82, 2.24) is 20.2 Å². The number of Topliss-reactive ketones (excluding diaryl/α,β-unsaturated/α-hetero) is 1. The number of hydrogen-bond donors (Lipinski definition) is 1. The molecule has 1 aliphatic rings. The van der Waals surface area contributed by atoms with Gasteiger partial charge in [-0.3, -0.25) is 9.52 Å². The van der Waals surface area contributed by atoms with Crippen LogP contribution in [0, 0.1) is 0 Å². The number of hydrogen-bond acceptors (Lipinski definition) is 7. The summed E-state index contributed by atoms with van der Waals surface area (Å²) in [5, 5.41) is 12.2. The monoisotopic (exact) mass is 611 g/mol. The zero-order valence-electron chi connectivity index (χ0n) is 24.8. The van der Waals surface area contributed by atoms with Gasteiger partial charge in [-0.2, -0.15) is 4.68 Å². The second kappa shape index (κ2) is 16.8. The van der Waals surface area contributed by atoms with Crippen molar-refractivity contribution in [3.05, 3.63) is 59.7 Å². The fourth-order valence-corrected chi connectivity index (χ4v) is 7.69. The Hall–Kier alpha value is -2.72. The van der Waals surface area contributed by atoms with E-state index in [9.17, 15) is 13.2 Å². The maximum absolute atomic E-state index is 13.2. The number of fused-ring (bicyclic) bond motifs is 1. The molecule has 0 amide bonds. The van der Waals surface area contributed by atoms with Crippen molar-refractivity contribution in [2.24, 2.45) is 0 Å². The summed E-state index contributed by atoms with van der Waals surface area (Å²) in [5.74, 6) is 0.0575. The average molecular weight is 612 g/mol. The molecule has 10 heteroatoms. The summed E-state index contributed by atoms with van der Waals surface area (Å²) in [7, 11) is -3.47. The normalized spacial score (nSPS) is 14.8. The van der Waals surface area contributed by atoms with Crippen LogP contribution in [0.25, 0.3) is 5.69 Å². The van der Waals surface area contributed by atoms with E-state index in [1.807, 2.05) is 36.4 Å². The first-order chi connectivity index (χ1) is 20.5. The van der Waals surface area contributed by atoms with Crippen LogP contribution in [-0.2, 0) is 16.4 Å². The van der Waals surface area contributed by atoms with Crippen molar-refractivity contribution in [2.45, 2.75) is 114 Å². The number of tetrazole rings is 1. The molecule has 0 radical (unpaired) electrons. The molecule has 0 fully saturated rings. The number of benzene rings is 2. The van der Waals surface area contributed by atoms with Crippen molar-refractivity contribution in [3.8, 4) is 5.69 Å². The number of carbonyl (C=O) groups excluding carboxylic acids is 1. The Morgan fingerprint density at radius 1 is 0.857 bits per heavy atom. The minimum Gasteiger partial charge on any atom is -0.293 e. The number of unbranched alkanes of at least 4 members (excludes halogenated alkanes) is 13. The lowest BCUT2D eigenvalue weighted by molar-refractivity contribution is 0.1000. The molecule has 0 aliphatic heterocycles. The fraction of sp³-hybridized carbons (Fsp3) is 0.562. The molecule has 42 heavy (non-hydrogen) atoms. The molecular weight excluding hydrogens is 567 g/mol. The second-order valence-electron chi connectivity index (χ2n) is 11.3. The highest BCUT2D eigenvalue weighted by atomic mass is 32.2. The van der Waals surface area contributed by atoms with E-state index in [4.69, 9.17) is 0 Å². The number of para-hydroxylation sites is 1. The van der Waals surface area contributed by atoms with Gasteiger partial charge in [0, 0.05) is 11.3 Å². The Morgan fingerprint density at radius 3 is 2.12 bits per heavy atom. The van der Waals surface area contributed by atoms with Crippen LogP contribution in [0.15, 0.2) is 53.7 Å². The molecule has 1 unspecified atom stereocenters. The molecule has 3 aromatic rings.